The van der Waals surface area contributed by atoms with Gasteiger partial charge in [0.2, 0.25) is 0 Å². The van der Waals surface area contributed by atoms with E-state index in [9.17, 15) is 14.4 Å². The van der Waals surface area contributed by atoms with Gasteiger partial charge in [0.25, 0.3) is 0 Å². The molecule has 1 atom stereocenters. The Morgan fingerprint density at radius 2 is 0.600 bits per heavy atom. The zero-order valence-electron chi connectivity index (χ0n) is 40.0. The second-order valence-electron chi connectivity index (χ2n) is 17.4. The number of hydrogen-bond acceptors (Lipinski definition) is 6. The molecule has 6 nitrogen and oxygen atoms in total. The van der Waals surface area contributed by atoms with Gasteiger partial charge in [-0.15, -0.1) is 0 Å². The van der Waals surface area contributed by atoms with Crippen LogP contribution in [0.4, 0.5) is 0 Å². The molecule has 0 rings (SSSR count). The normalized spacial score (nSPS) is 12.2. The summed E-state index contributed by atoms with van der Waals surface area (Å²) in [6, 6.07) is 0. The number of rotatable bonds is 47. The van der Waals surface area contributed by atoms with Gasteiger partial charge in [0.15, 0.2) is 6.10 Å². The van der Waals surface area contributed by atoms with E-state index in [1.165, 1.54) is 148 Å². The molecule has 60 heavy (non-hydrogen) atoms. The van der Waals surface area contributed by atoms with Gasteiger partial charge in [-0.1, -0.05) is 231 Å². The summed E-state index contributed by atoms with van der Waals surface area (Å²) in [6.07, 6.45) is 57.0. The van der Waals surface area contributed by atoms with Gasteiger partial charge in [-0.05, 0) is 57.8 Å². The van der Waals surface area contributed by atoms with Crippen LogP contribution in [0.5, 0.6) is 0 Å². The van der Waals surface area contributed by atoms with Crippen molar-refractivity contribution >= 4 is 17.9 Å². The Balaban J connectivity index is 4.33. The van der Waals surface area contributed by atoms with Gasteiger partial charge in [0.05, 0.1) is 0 Å². The molecular weight excluding hydrogens is 745 g/mol. The highest BCUT2D eigenvalue weighted by atomic mass is 16.6. The molecule has 0 aromatic rings. The second kappa shape index (κ2) is 49.3. The van der Waals surface area contributed by atoms with Crippen LogP contribution in [0.1, 0.15) is 271 Å². The van der Waals surface area contributed by atoms with Crippen molar-refractivity contribution < 1.29 is 28.6 Å². The fourth-order valence-electron chi connectivity index (χ4n) is 7.45. The molecule has 6 heteroatoms. The van der Waals surface area contributed by atoms with E-state index in [-0.39, 0.29) is 31.1 Å². The zero-order valence-corrected chi connectivity index (χ0v) is 40.0. The zero-order chi connectivity index (χ0) is 43.7. The molecule has 0 saturated carbocycles. The number of ether oxygens (including phenoxy) is 3. The summed E-state index contributed by atoms with van der Waals surface area (Å²) in [5, 5.41) is 0. The fraction of sp³-hybridized carbons (Fsp3) is 0.833. The molecule has 0 aliphatic rings. The predicted molar refractivity (Wildman–Crippen MR) is 256 cm³/mol. The monoisotopic (exact) mass is 843 g/mol. The first-order valence-electron chi connectivity index (χ1n) is 26.0. The average Bonchev–Trinajstić information content (AvgIpc) is 3.24. The summed E-state index contributed by atoms with van der Waals surface area (Å²) >= 11 is 0. The molecule has 0 aliphatic carbocycles. The summed E-state index contributed by atoms with van der Waals surface area (Å²) in [5.41, 5.74) is 0. The number of allylic oxidation sites excluding steroid dienone is 6. The number of carbonyl (C=O) groups excluding carboxylic acids is 3. The maximum absolute atomic E-state index is 12.8. The van der Waals surface area contributed by atoms with Crippen LogP contribution in [-0.2, 0) is 28.6 Å². The number of hydrogen-bond donors (Lipinski definition) is 0. The van der Waals surface area contributed by atoms with Gasteiger partial charge in [0.1, 0.15) is 13.2 Å². The Bertz CT molecular complexity index is 1020. The Morgan fingerprint density at radius 1 is 0.333 bits per heavy atom. The van der Waals surface area contributed by atoms with E-state index in [0.29, 0.717) is 19.3 Å². The van der Waals surface area contributed by atoms with Gasteiger partial charge in [-0.25, -0.2) is 0 Å². The Hall–Kier alpha value is -2.37. The maximum atomic E-state index is 12.8. The largest absolute Gasteiger partial charge is 0.462 e. The standard InChI is InChI=1S/C54H98O6/c1-4-7-10-13-16-19-21-23-25-27-29-30-32-35-38-41-44-47-53(56)59-50-51(49-58-52(55)46-43-40-37-34-18-15-12-9-6-3)60-54(57)48-45-42-39-36-33-31-28-26-24-22-20-17-14-11-8-5-2/h16,19,23,25,29-30,51H,4-15,17-18,20-22,24,26-28,31-50H2,1-3H3/b19-16-,25-23-,30-29-/t51-/m1/s1. The maximum Gasteiger partial charge on any atom is 0.306 e. The molecule has 0 amide bonds. The highest BCUT2D eigenvalue weighted by Crippen LogP contribution is 2.16. The van der Waals surface area contributed by atoms with E-state index in [0.717, 1.165) is 83.5 Å². The first kappa shape index (κ1) is 57.6. The van der Waals surface area contributed by atoms with Crippen molar-refractivity contribution in [2.24, 2.45) is 0 Å². The molecule has 0 aromatic heterocycles. The minimum atomic E-state index is -0.775. The molecule has 0 spiro atoms. The highest BCUT2D eigenvalue weighted by molar-refractivity contribution is 5.71. The van der Waals surface area contributed by atoms with Crippen molar-refractivity contribution in [1.82, 2.24) is 0 Å². The van der Waals surface area contributed by atoms with Crippen molar-refractivity contribution in [2.75, 3.05) is 13.2 Å². The average molecular weight is 843 g/mol. The van der Waals surface area contributed by atoms with Gasteiger partial charge in [0, 0.05) is 19.3 Å². The van der Waals surface area contributed by atoms with Crippen molar-refractivity contribution in [3.05, 3.63) is 36.5 Å². The highest BCUT2D eigenvalue weighted by Gasteiger charge is 2.19. The minimum Gasteiger partial charge on any atom is -0.462 e. The third-order valence-corrected chi connectivity index (χ3v) is 11.4. The molecule has 0 saturated heterocycles. The molecule has 0 aliphatic heterocycles. The molecule has 0 heterocycles. The fourth-order valence-corrected chi connectivity index (χ4v) is 7.45. The lowest BCUT2D eigenvalue weighted by molar-refractivity contribution is -0.167. The molecule has 0 aromatic carbocycles. The topological polar surface area (TPSA) is 78.9 Å². The summed E-state index contributed by atoms with van der Waals surface area (Å²) in [6.45, 7) is 6.59. The van der Waals surface area contributed by atoms with Crippen LogP contribution in [0.3, 0.4) is 0 Å². The van der Waals surface area contributed by atoms with E-state index < -0.39 is 6.10 Å². The third-order valence-electron chi connectivity index (χ3n) is 11.4. The van der Waals surface area contributed by atoms with E-state index in [1.807, 2.05) is 0 Å². The van der Waals surface area contributed by atoms with Crippen LogP contribution >= 0.6 is 0 Å². The SMILES string of the molecule is CCCCC/C=C\C/C=C\C/C=C\CCCCCCC(=O)OC[C@@H](COC(=O)CCCCCCCCCCC)OC(=O)CCCCCCCCCCCCCCCCCC. The number of carbonyl (C=O) groups is 3. The van der Waals surface area contributed by atoms with E-state index in [1.54, 1.807) is 0 Å². The summed E-state index contributed by atoms with van der Waals surface area (Å²) in [4.78, 5) is 37.9. The predicted octanol–water partition coefficient (Wildman–Crippen LogP) is 16.9. The molecule has 0 unspecified atom stereocenters. The van der Waals surface area contributed by atoms with Crippen LogP contribution in [0, 0.1) is 0 Å². The van der Waals surface area contributed by atoms with Crippen LogP contribution in [0.25, 0.3) is 0 Å². The first-order valence-corrected chi connectivity index (χ1v) is 26.0. The Labute approximate surface area is 372 Å². The van der Waals surface area contributed by atoms with Crippen molar-refractivity contribution in [3.8, 4) is 0 Å². The lowest BCUT2D eigenvalue weighted by atomic mass is 10.0. The van der Waals surface area contributed by atoms with Gasteiger partial charge >= 0.3 is 17.9 Å². The summed E-state index contributed by atoms with van der Waals surface area (Å²) in [5.74, 6) is -0.889. The molecule has 0 fully saturated rings. The van der Waals surface area contributed by atoms with E-state index in [2.05, 4.69) is 57.2 Å². The Morgan fingerprint density at radius 3 is 0.967 bits per heavy atom. The molecular formula is C54H98O6. The summed E-state index contributed by atoms with van der Waals surface area (Å²) < 4.78 is 16.8. The van der Waals surface area contributed by atoms with Crippen molar-refractivity contribution in [1.29, 1.82) is 0 Å². The van der Waals surface area contributed by atoms with E-state index >= 15 is 0 Å². The van der Waals surface area contributed by atoms with Gasteiger partial charge in [-0.3, -0.25) is 14.4 Å². The number of unbranched alkanes of at least 4 members (excludes halogenated alkanes) is 30. The van der Waals surface area contributed by atoms with Crippen molar-refractivity contribution in [2.45, 2.75) is 277 Å². The molecule has 0 N–H and O–H groups in total. The molecule has 350 valence electrons. The quantitative estimate of drug-likeness (QED) is 0.0263. The van der Waals surface area contributed by atoms with Crippen LogP contribution in [0.15, 0.2) is 36.5 Å². The smallest absolute Gasteiger partial charge is 0.306 e. The summed E-state index contributed by atoms with van der Waals surface area (Å²) in [7, 11) is 0. The Kier molecular flexibility index (Phi) is 47.3. The first-order chi connectivity index (χ1) is 29.5. The minimum absolute atomic E-state index is 0.0757. The van der Waals surface area contributed by atoms with Crippen LogP contribution < -0.4 is 0 Å². The third kappa shape index (κ3) is 46.7. The van der Waals surface area contributed by atoms with Crippen molar-refractivity contribution in [3.63, 3.8) is 0 Å². The lowest BCUT2D eigenvalue weighted by Gasteiger charge is -2.18. The van der Waals surface area contributed by atoms with E-state index in [4.69, 9.17) is 14.2 Å². The number of esters is 3. The second-order valence-corrected chi connectivity index (χ2v) is 17.4. The van der Waals surface area contributed by atoms with Crippen LogP contribution in [-0.4, -0.2) is 37.2 Å². The van der Waals surface area contributed by atoms with Gasteiger partial charge in [-0.2, -0.15) is 0 Å². The van der Waals surface area contributed by atoms with Gasteiger partial charge < -0.3 is 14.2 Å². The molecule has 0 radical (unpaired) electrons. The molecule has 0 bridgehead atoms. The lowest BCUT2D eigenvalue weighted by Crippen LogP contribution is -2.30. The van der Waals surface area contributed by atoms with Crippen LogP contribution in [0.2, 0.25) is 0 Å².